The molecule has 0 fully saturated rings. The van der Waals surface area contributed by atoms with Crippen LogP contribution in [0.3, 0.4) is 0 Å². The Hall–Kier alpha value is -4.75. The second-order valence-corrected chi connectivity index (χ2v) is 12.9. The highest BCUT2D eigenvalue weighted by atomic mass is 32.2. The molecule has 0 unspecified atom stereocenters. The zero-order chi connectivity index (χ0) is 33.7. The van der Waals surface area contributed by atoms with Gasteiger partial charge in [-0.25, -0.2) is 0 Å². The number of para-hydroxylation sites is 1. The number of amides is 1. The van der Waals surface area contributed by atoms with Crippen molar-refractivity contribution in [3.05, 3.63) is 136 Å². The third-order valence-electron chi connectivity index (χ3n) is 6.43. The van der Waals surface area contributed by atoms with E-state index >= 15 is 0 Å². The number of carbonyl (C=O) groups excluding carboxylic acids is 1. The van der Waals surface area contributed by atoms with E-state index in [0.717, 1.165) is 16.4 Å². The summed E-state index contributed by atoms with van der Waals surface area (Å²) in [4.78, 5) is 13.4. The maximum absolute atomic E-state index is 13.4. The number of benzene rings is 4. The van der Waals surface area contributed by atoms with Crippen molar-refractivity contribution in [3.8, 4) is 11.5 Å². The predicted molar refractivity (Wildman–Crippen MR) is 182 cm³/mol. The van der Waals surface area contributed by atoms with Crippen molar-refractivity contribution in [2.24, 2.45) is 0 Å². The summed E-state index contributed by atoms with van der Waals surface area (Å²) < 4.78 is 68.3. The molecule has 0 spiro atoms. The van der Waals surface area contributed by atoms with Crippen molar-refractivity contribution in [2.45, 2.75) is 27.1 Å². The number of nitrogens with one attached hydrogen (secondary N) is 1. The van der Waals surface area contributed by atoms with Gasteiger partial charge in [0.05, 0.1) is 24.0 Å². The van der Waals surface area contributed by atoms with Gasteiger partial charge in [-0.05, 0) is 85.2 Å². The summed E-state index contributed by atoms with van der Waals surface area (Å²) in [5, 5.41) is 4.92. The van der Waals surface area contributed by atoms with E-state index in [-0.39, 0.29) is 32.3 Å². The van der Waals surface area contributed by atoms with Gasteiger partial charge in [-0.1, -0.05) is 54.6 Å². The van der Waals surface area contributed by atoms with Gasteiger partial charge < -0.3 is 14.8 Å². The first kappa shape index (κ1) is 35.1. The van der Waals surface area contributed by atoms with Gasteiger partial charge in [0.15, 0.2) is 0 Å². The molecule has 10 nitrogen and oxygen atoms in total. The third-order valence-corrected chi connectivity index (χ3v) is 8.50. The normalized spacial score (nSPS) is 12.0. The second kappa shape index (κ2) is 16.7. The lowest BCUT2D eigenvalue weighted by Crippen LogP contribution is -2.16. The maximum atomic E-state index is 13.4. The van der Waals surface area contributed by atoms with Crippen LogP contribution >= 0.6 is 0 Å². The Morgan fingerprint density at radius 3 is 1.68 bits per heavy atom. The van der Waals surface area contributed by atoms with E-state index in [1.165, 1.54) is 12.2 Å². The Balaban J connectivity index is 1.46. The highest BCUT2D eigenvalue weighted by Gasteiger charge is 2.14. The standard InChI is InChI=1S/C35H35NO9S2/c1-3-44-46(38,39)22-20-27-11-16-32(17-12-27)42-25-29-10-15-30(34(24-29)35(37)36-31-8-6-5-7-9-31)26-43-33-18-13-28(14-19-33)21-23-47(40,41)45-4-2/h5-24H,3-4,25-26H2,1-2H3,(H,36,37)/b22-20+,23-21+. The molecule has 12 heteroatoms. The third kappa shape index (κ3) is 11.5. The molecule has 47 heavy (non-hydrogen) atoms. The van der Waals surface area contributed by atoms with Gasteiger partial charge in [-0.3, -0.25) is 13.2 Å². The fourth-order valence-corrected chi connectivity index (χ4v) is 5.64. The minimum absolute atomic E-state index is 0.0535. The van der Waals surface area contributed by atoms with Crippen LogP contribution in [0.1, 0.15) is 46.5 Å². The molecule has 0 aromatic heterocycles. The molecular formula is C35H35NO9S2. The molecule has 4 aromatic carbocycles. The molecule has 0 atom stereocenters. The lowest BCUT2D eigenvalue weighted by molar-refractivity contribution is 0.102. The van der Waals surface area contributed by atoms with Crippen LogP contribution in [0.4, 0.5) is 5.69 Å². The molecule has 246 valence electrons. The molecule has 0 saturated heterocycles. The SMILES string of the molecule is CCOS(=O)(=O)/C=C/c1ccc(OCc2ccc(COc3ccc(/C=C/S(=O)(=O)OCC)cc3)c(C(=O)Nc3ccccc3)c2)cc1. The zero-order valence-corrected chi connectivity index (χ0v) is 27.5. The van der Waals surface area contributed by atoms with Crippen LogP contribution in [0.2, 0.25) is 0 Å². The predicted octanol–water partition coefficient (Wildman–Crippen LogP) is 6.77. The van der Waals surface area contributed by atoms with Gasteiger partial charge in [-0.2, -0.15) is 16.8 Å². The van der Waals surface area contributed by atoms with Gasteiger partial charge in [0.25, 0.3) is 26.1 Å². The fraction of sp³-hybridized carbons (Fsp3) is 0.171. The van der Waals surface area contributed by atoms with Gasteiger partial charge >= 0.3 is 0 Å². The van der Waals surface area contributed by atoms with Crippen molar-refractivity contribution in [1.29, 1.82) is 0 Å². The van der Waals surface area contributed by atoms with Gasteiger partial charge in [0, 0.05) is 16.8 Å². The maximum Gasteiger partial charge on any atom is 0.290 e. The van der Waals surface area contributed by atoms with E-state index in [4.69, 9.17) is 17.8 Å². The molecule has 0 aliphatic rings. The van der Waals surface area contributed by atoms with E-state index in [1.807, 2.05) is 24.3 Å². The van der Waals surface area contributed by atoms with E-state index in [9.17, 15) is 21.6 Å². The van der Waals surface area contributed by atoms with E-state index in [2.05, 4.69) is 5.32 Å². The Labute approximate surface area is 275 Å². The first-order valence-corrected chi connectivity index (χ1v) is 17.6. The minimum atomic E-state index is -3.74. The number of hydrogen-bond acceptors (Lipinski definition) is 9. The van der Waals surface area contributed by atoms with Crippen LogP contribution in [-0.2, 0) is 41.8 Å². The summed E-state index contributed by atoms with van der Waals surface area (Å²) >= 11 is 0. The Morgan fingerprint density at radius 2 is 1.17 bits per heavy atom. The smallest absolute Gasteiger partial charge is 0.290 e. The Kier molecular flexibility index (Phi) is 12.5. The van der Waals surface area contributed by atoms with Crippen LogP contribution in [0, 0.1) is 0 Å². The summed E-state index contributed by atoms with van der Waals surface area (Å²) in [6, 6.07) is 28.2. The number of hydrogen-bond donors (Lipinski definition) is 1. The Bertz CT molecular complexity index is 1900. The minimum Gasteiger partial charge on any atom is -0.489 e. The van der Waals surface area contributed by atoms with Crippen molar-refractivity contribution in [2.75, 3.05) is 18.5 Å². The summed E-state index contributed by atoms with van der Waals surface area (Å²) in [7, 11) is -7.47. The van der Waals surface area contributed by atoms with Crippen LogP contribution < -0.4 is 14.8 Å². The van der Waals surface area contributed by atoms with E-state index < -0.39 is 20.2 Å². The molecule has 0 heterocycles. The van der Waals surface area contributed by atoms with Gasteiger partial charge in [-0.15, -0.1) is 0 Å². The lowest BCUT2D eigenvalue weighted by atomic mass is 10.0. The average molecular weight is 678 g/mol. The Morgan fingerprint density at radius 1 is 0.660 bits per heavy atom. The summed E-state index contributed by atoms with van der Waals surface area (Å²) in [6.07, 6.45) is 2.87. The first-order chi connectivity index (χ1) is 22.6. The first-order valence-electron chi connectivity index (χ1n) is 14.6. The van der Waals surface area contributed by atoms with E-state index in [1.54, 1.807) is 86.6 Å². The van der Waals surface area contributed by atoms with Crippen LogP contribution in [0.15, 0.2) is 108 Å². The second-order valence-electron chi connectivity index (χ2n) is 9.93. The average Bonchev–Trinajstić information content (AvgIpc) is 3.06. The highest BCUT2D eigenvalue weighted by molar-refractivity contribution is 7.90. The largest absolute Gasteiger partial charge is 0.489 e. The topological polar surface area (TPSA) is 134 Å². The lowest BCUT2D eigenvalue weighted by Gasteiger charge is -2.14. The molecule has 1 amide bonds. The monoisotopic (exact) mass is 677 g/mol. The quantitative estimate of drug-likeness (QED) is 0.128. The molecule has 0 saturated carbocycles. The number of carbonyl (C=O) groups is 1. The molecule has 1 N–H and O–H groups in total. The van der Waals surface area contributed by atoms with Crippen LogP contribution in [0.25, 0.3) is 12.2 Å². The zero-order valence-electron chi connectivity index (χ0n) is 25.9. The number of ether oxygens (including phenoxy) is 2. The number of rotatable bonds is 16. The van der Waals surface area contributed by atoms with Gasteiger partial charge in [0.2, 0.25) is 0 Å². The van der Waals surface area contributed by atoms with Crippen molar-refractivity contribution >= 4 is 44.0 Å². The number of anilines is 1. The molecule has 0 aliphatic carbocycles. The molecular weight excluding hydrogens is 643 g/mol. The van der Waals surface area contributed by atoms with Crippen LogP contribution in [-0.4, -0.2) is 36.0 Å². The molecule has 0 aliphatic heterocycles. The summed E-state index contributed by atoms with van der Waals surface area (Å²) in [6.45, 7) is 3.58. The van der Waals surface area contributed by atoms with Crippen molar-refractivity contribution < 1.29 is 39.5 Å². The highest BCUT2D eigenvalue weighted by Crippen LogP contribution is 2.22. The van der Waals surface area contributed by atoms with Crippen molar-refractivity contribution in [3.63, 3.8) is 0 Å². The summed E-state index contributed by atoms with van der Waals surface area (Å²) in [5.74, 6) is 0.780. The molecule has 4 rings (SSSR count). The molecule has 0 radical (unpaired) electrons. The van der Waals surface area contributed by atoms with Crippen molar-refractivity contribution in [1.82, 2.24) is 0 Å². The molecule has 0 bridgehead atoms. The summed E-state index contributed by atoms with van der Waals surface area (Å²) in [5.41, 5.74) is 3.75. The fourth-order valence-electron chi connectivity index (χ4n) is 4.18. The van der Waals surface area contributed by atoms with Crippen LogP contribution in [0.5, 0.6) is 11.5 Å². The van der Waals surface area contributed by atoms with Gasteiger partial charge in [0.1, 0.15) is 24.7 Å². The van der Waals surface area contributed by atoms with E-state index in [0.29, 0.717) is 39.4 Å². The molecule has 4 aromatic rings.